The lowest BCUT2D eigenvalue weighted by atomic mass is 9.79. The van der Waals surface area contributed by atoms with E-state index in [1.54, 1.807) is 12.3 Å². The van der Waals surface area contributed by atoms with E-state index in [9.17, 15) is 4.79 Å². The number of carbonyl (C=O) groups excluding carboxylic acids is 1. The molecule has 3 fully saturated rings. The highest BCUT2D eigenvalue weighted by molar-refractivity contribution is 5.94. The Morgan fingerprint density at radius 3 is 2.96 bits per heavy atom. The van der Waals surface area contributed by atoms with Crippen LogP contribution in [0.1, 0.15) is 36.0 Å². The van der Waals surface area contributed by atoms with Crippen LogP contribution in [0, 0.1) is 11.8 Å². The summed E-state index contributed by atoms with van der Waals surface area (Å²) >= 11 is 0. The van der Waals surface area contributed by atoms with Crippen LogP contribution in [0.25, 0.3) is 0 Å². The van der Waals surface area contributed by atoms with E-state index >= 15 is 0 Å². The van der Waals surface area contributed by atoms with Gasteiger partial charge >= 0.3 is 0 Å². The summed E-state index contributed by atoms with van der Waals surface area (Å²) < 4.78 is 11.8. The van der Waals surface area contributed by atoms with Crippen LogP contribution in [-0.2, 0) is 9.47 Å². The lowest BCUT2D eigenvalue weighted by Crippen LogP contribution is -2.66. The van der Waals surface area contributed by atoms with Crippen LogP contribution in [0.4, 0.5) is 0 Å². The van der Waals surface area contributed by atoms with E-state index in [4.69, 9.17) is 9.47 Å². The first-order valence-electron chi connectivity index (χ1n) is 8.54. The van der Waals surface area contributed by atoms with Gasteiger partial charge in [-0.05, 0) is 43.6 Å². The summed E-state index contributed by atoms with van der Waals surface area (Å²) in [6.07, 6.45) is 7.84. The van der Waals surface area contributed by atoms with Crippen LogP contribution in [-0.4, -0.2) is 59.5 Å². The van der Waals surface area contributed by atoms with Crippen molar-refractivity contribution in [2.45, 2.75) is 31.3 Å². The molecule has 1 aromatic heterocycles. The SMILES string of the molecule is O=C(c1ccnnc1)N1CC2(C1)OCC[C@H]2CCOCC1CC1. The fraction of sp³-hybridized carbons (Fsp3) is 0.706. The van der Waals surface area contributed by atoms with Gasteiger partial charge in [0, 0.05) is 19.8 Å². The minimum absolute atomic E-state index is 0.0183. The second kappa shape index (κ2) is 6.17. The monoisotopic (exact) mass is 317 g/mol. The fourth-order valence-corrected chi connectivity index (χ4v) is 3.65. The van der Waals surface area contributed by atoms with E-state index in [0.717, 1.165) is 38.6 Å². The van der Waals surface area contributed by atoms with Crippen molar-refractivity contribution in [3.05, 3.63) is 24.0 Å². The number of hydrogen-bond acceptors (Lipinski definition) is 5. The minimum Gasteiger partial charge on any atom is -0.381 e. The number of carbonyl (C=O) groups is 1. The van der Waals surface area contributed by atoms with E-state index in [0.29, 0.717) is 24.6 Å². The normalized spacial score (nSPS) is 25.6. The van der Waals surface area contributed by atoms with Gasteiger partial charge in [-0.2, -0.15) is 10.2 Å². The molecule has 2 aliphatic heterocycles. The van der Waals surface area contributed by atoms with E-state index in [1.807, 2.05) is 4.90 Å². The summed E-state index contributed by atoms with van der Waals surface area (Å²) in [5.74, 6) is 1.33. The highest BCUT2D eigenvalue weighted by Gasteiger charge is 2.54. The molecule has 4 rings (SSSR count). The molecule has 1 atom stereocenters. The molecule has 0 N–H and O–H groups in total. The quantitative estimate of drug-likeness (QED) is 0.744. The molecule has 23 heavy (non-hydrogen) atoms. The Hall–Kier alpha value is -1.53. The van der Waals surface area contributed by atoms with Crippen LogP contribution < -0.4 is 0 Å². The van der Waals surface area contributed by atoms with Gasteiger partial charge in [0.15, 0.2) is 0 Å². The molecule has 3 heterocycles. The summed E-state index contributed by atoms with van der Waals surface area (Å²) in [5, 5.41) is 7.49. The first-order valence-corrected chi connectivity index (χ1v) is 8.54. The van der Waals surface area contributed by atoms with Crippen LogP contribution in [0.5, 0.6) is 0 Å². The molecule has 0 unspecified atom stereocenters. The van der Waals surface area contributed by atoms with Crippen molar-refractivity contribution >= 4 is 5.91 Å². The highest BCUT2D eigenvalue weighted by Crippen LogP contribution is 2.42. The number of rotatable bonds is 6. The molecule has 0 aromatic carbocycles. The molecule has 1 aromatic rings. The molecule has 0 bridgehead atoms. The molecule has 6 heteroatoms. The van der Waals surface area contributed by atoms with Crippen molar-refractivity contribution in [1.29, 1.82) is 0 Å². The van der Waals surface area contributed by atoms with Gasteiger partial charge in [-0.15, -0.1) is 0 Å². The maximum absolute atomic E-state index is 12.4. The lowest BCUT2D eigenvalue weighted by Gasteiger charge is -2.50. The summed E-state index contributed by atoms with van der Waals surface area (Å²) in [7, 11) is 0. The van der Waals surface area contributed by atoms with Crippen LogP contribution in [0.2, 0.25) is 0 Å². The van der Waals surface area contributed by atoms with Crippen molar-refractivity contribution in [1.82, 2.24) is 15.1 Å². The smallest absolute Gasteiger partial charge is 0.255 e. The molecule has 1 amide bonds. The van der Waals surface area contributed by atoms with Crippen molar-refractivity contribution in [2.75, 3.05) is 32.9 Å². The van der Waals surface area contributed by atoms with E-state index in [1.165, 1.54) is 19.0 Å². The first-order chi connectivity index (χ1) is 11.3. The molecule has 1 spiro atoms. The van der Waals surface area contributed by atoms with Gasteiger partial charge < -0.3 is 14.4 Å². The third-order valence-electron chi connectivity index (χ3n) is 5.30. The van der Waals surface area contributed by atoms with Gasteiger partial charge in [0.25, 0.3) is 5.91 Å². The predicted molar refractivity (Wildman–Crippen MR) is 82.9 cm³/mol. The molecule has 1 aliphatic carbocycles. The number of nitrogens with zero attached hydrogens (tertiary/aromatic N) is 3. The summed E-state index contributed by atoms with van der Waals surface area (Å²) in [5.41, 5.74) is 0.455. The maximum atomic E-state index is 12.4. The number of hydrogen-bond donors (Lipinski definition) is 0. The second-order valence-corrected chi connectivity index (χ2v) is 7.00. The Balaban J connectivity index is 1.28. The third-order valence-corrected chi connectivity index (χ3v) is 5.30. The van der Waals surface area contributed by atoms with Crippen molar-refractivity contribution in [3.63, 3.8) is 0 Å². The number of ether oxygens (including phenoxy) is 2. The van der Waals surface area contributed by atoms with Crippen molar-refractivity contribution < 1.29 is 14.3 Å². The zero-order valence-corrected chi connectivity index (χ0v) is 13.3. The standard InChI is InChI=1S/C17H23N3O3/c21-16(14-3-6-18-19-9-14)20-11-17(12-20)15(5-8-23-17)4-7-22-10-13-1-2-13/h3,6,9,13,15H,1-2,4-5,7-8,10-12H2/t15-/m1/s1. The summed E-state index contributed by atoms with van der Waals surface area (Å²) in [6.45, 7) is 3.89. The third kappa shape index (κ3) is 3.10. The lowest BCUT2D eigenvalue weighted by molar-refractivity contribution is -0.120. The Labute approximate surface area is 136 Å². The van der Waals surface area contributed by atoms with E-state index in [-0.39, 0.29) is 11.5 Å². The predicted octanol–water partition coefficient (Wildman–Crippen LogP) is 1.52. The minimum atomic E-state index is -0.140. The van der Waals surface area contributed by atoms with Gasteiger partial charge in [-0.25, -0.2) is 0 Å². The topological polar surface area (TPSA) is 64.6 Å². The first kappa shape index (κ1) is 15.0. The Bertz CT molecular complexity index is 555. The zero-order valence-electron chi connectivity index (χ0n) is 13.3. The molecule has 3 aliphatic rings. The van der Waals surface area contributed by atoms with Crippen LogP contribution in [0.3, 0.4) is 0 Å². The molecular formula is C17H23N3O3. The van der Waals surface area contributed by atoms with Crippen molar-refractivity contribution in [3.8, 4) is 0 Å². The van der Waals surface area contributed by atoms with E-state index in [2.05, 4.69) is 10.2 Å². The summed E-state index contributed by atoms with van der Waals surface area (Å²) in [6, 6.07) is 1.71. The number of likely N-dealkylation sites (tertiary alicyclic amines) is 1. The van der Waals surface area contributed by atoms with Gasteiger partial charge in [0.2, 0.25) is 0 Å². The average Bonchev–Trinajstić information content (AvgIpc) is 3.28. The number of amides is 1. The summed E-state index contributed by atoms with van der Waals surface area (Å²) in [4.78, 5) is 14.2. The van der Waals surface area contributed by atoms with Gasteiger partial charge in [-0.1, -0.05) is 0 Å². The molecule has 2 saturated heterocycles. The van der Waals surface area contributed by atoms with E-state index < -0.39 is 0 Å². The Morgan fingerprint density at radius 2 is 2.22 bits per heavy atom. The highest BCUT2D eigenvalue weighted by atomic mass is 16.5. The maximum Gasteiger partial charge on any atom is 0.255 e. The largest absolute Gasteiger partial charge is 0.381 e. The zero-order chi connectivity index (χ0) is 15.7. The second-order valence-electron chi connectivity index (χ2n) is 7.00. The van der Waals surface area contributed by atoms with Gasteiger partial charge in [-0.3, -0.25) is 4.79 Å². The van der Waals surface area contributed by atoms with Crippen LogP contribution >= 0.6 is 0 Å². The van der Waals surface area contributed by atoms with Gasteiger partial charge in [0.1, 0.15) is 5.60 Å². The fourth-order valence-electron chi connectivity index (χ4n) is 3.65. The molecule has 0 radical (unpaired) electrons. The average molecular weight is 317 g/mol. The van der Waals surface area contributed by atoms with Gasteiger partial charge in [0.05, 0.1) is 31.0 Å². The molecular weight excluding hydrogens is 294 g/mol. The Kier molecular flexibility index (Phi) is 4.03. The van der Waals surface area contributed by atoms with Crippen LogP contribution in [0.15, 0.2) is 18.5 Å². The molecule has 6 nitrogen and oxygen atoms in total. The number of aromatic nitrogens is 2. The van der Waals surface area contributed by atoms with Crippen molar-refractivity contribution in [2.24, 2.45) is 11.8 Å². The molecule has 1 saturated carbocycles. The molecule has 124 valence electrons. The Morgan fingerprint density at radius 1 is 1.35 bits per heavy atom.